The highest BCUT2D eigenvalue weighted by atomic mass is 16.6. The van der Waals surface area contributed by atoms with Crippen LogP contribution in [0.25, 0.3) is 0 Å². The molecule has 0 aromatic rings. The molecule has 6 heteroatoms. The lowest BCUT2D eigenvalue weighted by atomic mass is 10.1. The summed E-state index contributed by atoms with van der Waals surface area (Å²) in [5.41, 5.74) is 0. The summed E-state index contributed by atoms with van der Waals surface area (Å²) >= 11 is 0. The van der Waals surface area contributed by atoms with E-state index in [1.54, 1.807) is 0 Å². The summed E-state index contributed by atoms with van der Waals surface area (Å²) in [6.45, 7) is -0.596. The van der Waals surface area contributed by atoms with E-state index in [-0.39, 0.29) is 0 Å². The Hall–Kier alpha value is -0.240. The number of hydrogen-bond acceptors (Lipinski definition) is 6. The number of aliphatic hydroxyl groups is 5. The van der Waals surface area contributed by atoms with E-state index in [4.69, 9.17) is 25.5 Å². The van der Waals surface area contributed by atoms with Crippen molar-refractivity contribution in [2.45, 2.75) is 30.7 Å². The van der Waals surface area contributed by atoms with Gasteiger partial charge in [0.15, 0.2) is 6.29 Å². The third-order valence-electron chi connectivity index (χ3n) is 1.84. The van der Waals surface area contributed by atoms with Crippen LogP contribution in [-0.2, 0) is 4.74 Å². The van der Waals surface area contributed by atoms with Crippen molar-refractivity contribution in [1.29, 1.82) is 0 Å². The van der Waals surface area contributed by atoms with Crippen molar-refractivity contribution in [1.82, 2.24) is 0 Å². The Bertz CT molecular complexity index is 151. The normalized spacial score (nSPS) is 44.8. The van der Waals surface area contributed by atoms with Gasteiger partial charge < -0.3 is 30.3 Å². The standard InChI is InChI=1S/C6H12O6/c7-1-2(8)5-3(9)4(10)6(11)12-5/h2-11H,1H2/t2-,3+,4-,5-,6?/m0/s1. The molecule has 1 saturated heterocycles. The van der Waals surface area contributed by atoms with Gasteiger partial charge >= 0.3 is 0 Å². The first-order valence-electron chi connectivity index (χ1n) is 3.56. The first-order valence-corrected chi connectivity index (χ1v) is 3.56. The maximum absolute atomic E-state index is 9.12. The summed E-state index contributed by atoms with van der Waals surface area (Å²) < 4.78 is 4.58. The van der Waals surface area contributed by atoms with Gasteiger partial charge in [-0.2, -0.15) is 0 Å². The number of aliphatic hydroxyl groups excluding tert-OH is 5. The molecule has 5 atom stereocenters. The topological polar surface area (TPSA) is 110 Å². The zero-order valence-electron chi connectivity index (χ0n) is 6.24. The van der Waals surface area contributed by atoms with Gasteiger partial charge in [-0.25, -0.2) is 0 Å². The first-order chi connectivity index (χ1) is 5.57. The molecule has 12 heavy (non-hydrogen) atoms. The Morgan fingerprint density at radius 3 is 2.08 bits per heavy atom. The van der Waals surface area contributed by atoms with Crippen LogP contribution in [0.3, 0.4) is 0 Å². The fourth-order valence-corrected chi connectivity index (χ4v) is 1.11. The molecule has 1 rings (SSSR count). The molecule has 0 saturated carbocycles. The van der Waals surface area contributed by atoms with E-state index in [1.165, 1.54) is 0 Å². The van der Waals surface area contributed by atoms with Crippen LogP contribution in [0.4, 0.5) is 0 Å². The van der Waals surface area contributed by atoms with Gasteiger partial charge in [0.1, 0.15) is 24.4 Å². The number of ether oxygens (including phenoxy) is 1. The Kier molecular flexibility index (Phi) is 2.99. The van der Waals surface area contributed by atoms with Gasteiger partial charge in [0.05, 0.1) is 6.61 Å². The van der Waals surface area contributed by atoms with Crippen LogP contribution in [0.2, 0.25) is 0 Å². The highest BCUT2D eigenvalue weighted by Gasteiger charge is 2.44. The fourth-order valence-electron chi connectivity index (χ4n) is 1.11. The van der Waals surface area contributed by atoms with Crippen molar-refractivity contribution in [3.05, 3.63) is 0 Å². The molecule has 0 bridgehead atoms. The quantitative estimate of drug-likeness (QED) is 0.306. The molecule has 0 spiro atoms. The van der Waals surface area contributed by atoms with Gasteiger partial charge in [0, 0.05) is 0 Å². The molecule has 0 radical (unpaired) electrons. The summed E-state index contributed by atoms with van der Waals surface area (Å²) in [6.07, 6.45) is -6.75. The van der Waals surface area contributed by atoms with Crippen LogP contribution < -0.4 is 0 Å². The Labute approximate surface area is 68.6 Å². The largest absolute Gasteiger partial charge is 0.394 e. The summed E-state index contributed by atoms with van der Waals surface area (Å²) in [5, 5.41) is 44.4. The van der Waals surface area contributed by atoms with Gasteiger partial charge in [0.2, 0.25) is 0 Å². The van der Waals surface area contributed by atoms with E-state index >= 15 is 0 Å². The van der Waals surface area contributed by atoms with E-state index in [2.05, 4.69) is 4.74 Å². The molecule has 1 unspecified atom stereocenters. The number of rotatable bonds is 2. The van der Waals surface area contributed by atoms with E-state index in [0.717, 1.165) is 0 Å². The lowest BCUT2D eigenvalue weighted by Crippen LogP contribution is -2.40. The molecule has 0 aliphatic carbocycles. The van der Waals surface area contributed by atoms with Crippen LogP contribution >= 0.6 is 0 Å². The molecule has 1 heterocycles. The van der Waals surface area contributed by atoms with Gasteiger partial charge in [-0.3, -0.25) is 0 Å². The predicted octanol–water partition coefficient (Wildman–Crippen LogP) is -3.22. The molecule has 1 aliphatic heterocycles. The van der Waals surface area contributed by atoms with Crippen molar-refractivity contribution < 1.29 is 30.3 Å². The minimum absolute atomic E-state index is 0.596. The SMILES string of the molecule is OC[C@H](O)[C@@H]1OC(O)[C@@H](O)[C@H]1O. The molecule has 1 aliphatic rings. The van der Waals surface area contributed by atoms with Gasteiger partial charge in [0.25, 0.3) is 0 Å². The number of hydrogen-bond donors (Lipinski definition) is 5. The summed E-state index contributed by atoms with van der Waals surface area (Å²) in [6, 6.07) is 0. The van der Waals surface area contributed by atoms with Gasteiger partial charge in [-0.1, -0.05) is 0 Å². The van der Waals surface area contributed by atoms with Crippen molar-refractivity contribution in [2.24, 2.45) is 0 Å². The molecule has 1 fully saturated rings. The molecular weight excluding hydrogens is 168 g/mol. The monoisotopic (exact) mass is 180 g/mol. The molecule has 72 valence electrons. The Balaban J connectivity index is 2.58. The molecular formula is C6H12O6. The van der Waals surface area contributed by atoms with Crippen molar-refractivity contribution in [3.63, 3.8) is 0 Å². The summed E-state index contributed by atoms with van der Waals surface area (Å²) in [4.78, 5) is 0. The van der Waals surface area contributed by atoms with E-state index in [1.807, 2.05) is 0 Å². The summed E-state index contributed by atoms with van der Waals surface area (Å²) in [5.74, 6) is 0. The van der Waals surface area contributed by atoms with E-state index in [0.29, 0.717) is 0 Å². The van der Waals surface area contributed by atoms with Crippen LogP contribution in [0.15, 0.2) is 0 Å². The van der Waals surface area contributed by atoms with Crippen LogP contribution in [0.5, 0.6) is 0 Å². The smallest absolute Gasteiger partial charge is 0.184 e. The second-order valence-electron chi connectivity index (χ2n) is 2.72. The molecule has 0 aromatic heterocycles. The lowest BCUT2D eigenvalue weighted by molar-refractivity contribution is -0.150. The Morgan fingerprint density at radius 1 is 1.17 bits per heavy atom. The summed E-state index contributed by atoms with van der Waals surface area (Å²) in [7, 11) is 0. The second kappa shape index (κ2) is 3.65. The third-order valence-corrected chi connectivity index (χ3v) is 1.84. The highest BCUT2D eigenvalue weighted by molar-refractivity contribution is 4.89. The molecule has 0 amide bonds. The first kappa shape index (κ1) is 9.85. The van der Waals surface area contributed by atoms with Gasteiger partial charge in [-0.05, 0) is 0 Å². The predicted molar refractivity (Wildman–Crippen MR) is 36.0 cm³/mol. The van der Waals surface area contributed by atoms with Crippen LogP contribution in [0.1, 0.15) is 0 Å². The van der Waals surface area contributed by atoms with Crippen LogP contribution in [-0.4, -0.2) is 62.8 Å². The zero-order chi connectivity index (χ0) is 9.30. The van der Waals surface area contributed by atoms with E-state index < -0.39 is 37.3 Å². The minimum Gasteiger partial charge on any atom is -0.394 e. The average Bonchev–Trinajstić information content (AvgIpc) is 2.32. The molecule has 5 N–H and O–H groups in total. The minimum atomic E-state index is -1.51. The van der Waals surface area contributed by atoms with Crippen molar-refractivity contribution in [2.75, 3.05) is 6.61 Å². The fraction of sp³-hybridized carbons (Fsp3) is 1.00. The van der Waals surface area contributed by atoms with Crippen molar-refractivity contribution >= 4 is 0 Å². The average molecular weight is 180 g/mol. The van der Waals surface area contributed by atoms with Gasteiger partial charge in [-0.15, -0.1) is 0 Å². The second-order valence-corrected chi connectivity index (χ2v) is 2.72. The third kappa shape index (κ3) is 1.58. The lowest BCUT2D eigenvalue weighted by Gasteiger charge is -2.18. The maximum Gasteiger partial charge on any atom is 0.184 e. The Morgan fingerprint density at radius 2 is 1.75 bits per heavy atom. The van der Waals surface area contributed by atoms with E-state index in [9.17, 15) is 0 Å². The van der Waals surface area contributed by atoms with Crippen molar-refractivity contribution in [3.8, 4) is 0 Å². The molecule has 0 aromatic carbocycles. The zero-order valence-corrected chi connectivity index (χ0v) is 6.24. The van der Waals surface area contributed by atoms with Crippen LogP contribution in [0, 0.1) is 0 Å². The maximum atomic E-state index is 9.12. The molecule has 6 nitrogen and oxygen atoms in total. The highest BCUT2D eigenvalue weighted by Crippen LogP contribution is 2.21.